The molecule has 0 bridgehead atoms. The normalized spacial score (nSPS) is 15.7. The number of rotatable bonds is 9. The van der Waals surface area contributed by atoms with Gasteiger partial charge in [-0.2, -0.15) is 0 Å². The molecule has 14 heteroatoms. The van der Waals surface area contributed by atoms with E-state index in [0.717, 1.165) is 0 Å². The molecule has 0 aliphatic rings. The molecule has 0 saturated heterocycles. The van der Waals surface area contributed by atoms with Crippen LogP contribution in [0.2, 0.25) is 0 Å². The molecule has 0 unspecified atom stereocenters. The van der Waals surface area contributed by atoms with Gasteiger partial charge in [0.1, 0.15) is 19.8 Å². The average Bonchev–Trinajstić information content (AvgIpc) is 2.28. The summed E-state index contributed by atoms with van der Waals surface area (Å²) in [6, 6.07) is 0. The van der Waals surface area contributed by atoms with Crippen molar-refractivity contribution in [1.82, 2.24) is 0 Å². The Hall–Kier alpha value is -0.270. The maximum atomic E-state index is 9.87. The van der Waals surface area contributed by atoms with E-state index in [9.17, 15) is 25.2 Å². The fourth-order valence-corrected chi connectivity index (χ4v) is 0.732. The molecule has 0 heterocycles. The third-order valence-electron chi connectivity index (χ3n) is 1.25. The predicted molar refractivity (Wildman–Crippen MR) is 58.9 cm³/mol. The van der Waals surface area contributed by atoms with Gasteiger partial charge in [0.25, 0.3) is 0 Å². The van der Waals surface area contributed by atoms with Crippen molar-refractivity contribution in [3.63, 3.8) is 0 Å². The van der Waals surface area contributed by atoms with Crippen molar-refractivity contribution in [3.8, 4) is 0 Å². The minimum absolute atomic E-state index is 0.0351. The Labute approximate surface area is 115 Å². The van der Waals surface area contributed by atoms with Gasteiger partial charge in [-0.25, -0.2) is 0 Å². The van der Waals surface area contributed by atoms with Crippen molar-refractivity contribution in [2.24, 2.45) is 0 Å². The monoisotopic (exact) mass is 357 g/mol. The molecular formula is C7H18F6NO6P. The second-order valence-corrected chi connectivity index (χ2v) is 5.32. The molecule has 0 radical (unpaired) electrons. The zero-order valence-electron chi connectivity index (χ0n) is 11.0. The Morgan fingerprint density at radius 3 is 1.05 bits per heavy atom. The number of hydrogen-bond acceptors (Lipinski definition) is 6. The van der Waals surface area contributed by atoms with E-state index in [0.29, 0.717) is 0 Å². The molecule has 134 valence electrons. The Kier molecular flexibility index (Phi) is 8.58. The molecule has 0 atom stereocenters. The third kappa shape index (κ3) is 28.6. The van der Waals surface area contributed by atoms with Crippen LogP contribution in [-0.2, 0) is 14.5 Å². The number of hydrogen-bond donors (Lipinski definition) is 3. The molecule has 0 saturated carbocycles. The summed E-state index contributed by atoms with van der Waals surface area (Å²) in [4.78, 5) is 14.3. The van der Waals surface area contributed by atoms with E-state index in [-0.39, 0.29) is 39.6 Å². The van der Waals surface area contributed by atoms with Crippen LogP contribution < -0.4 is 0 Å². The van der Waals surface area contributed by atoms with Crippen LogP contribution in [0.3, 0.4) is 0 Å². The quantitative estimate of drug-likeness (QED) is 0.251. The van der Waals surface area contributed by atoms with Gasteiger partial charge in [-0.3, -0.25) is 0 Å². The Morgan fingerprint density at radius 1 is 0.714 bits per heavy atom. The van der Waals surface area contributed by atoms with E-state index >= 15 is 0 Å². The molecule has 0 aromatic heterocycles. The van der Waals surface area contributed by atoms with Gasteiger partial charge in [-0.1, -0.05) is 0 Å². The Balaban J connectivity index is 0. The number of nitrogens with zero attached hydrogens (tertiary/aromatic N) is 1. The summed E-state index contributed by atoms with van der Waals surface area (Å²) in [5.74, 6) is 0. The molecule has 21 heavy (non-hydrogen) atoms. The van der Waals surface area contributed by atoms with E-state index in [1.165, 1.54) is 7.05 Å². The van der Waals surface area contributed by atoms with Crippen LogP contribution in [-0.4, -0.2) is 67.0 Å². The fourth-order valence-electron chi connectivity index (χ4n) is 0.732. The van der Waals surface area contributed by atoms with E-state index in [1.54, 1.807) is 0 Å². The zero-order chi connectivity index (χ0) is 17.3. The van der Waals surface area contributed by atoms with Crippen LogP contribution >= 0.6 is 7.81 Å². The van der Waals surface area contributed by atoms with Gasteiger partial charge < -0.3 is 15.3 Å². The number of halogens is 6. The van der Waals surface area contributed by atoms with Gasteiger partial charge in [0, 0.05) is 0 Å². The van der Waals surface area contributed by atoms with Crippen LogP contribution in [0.1, 0.15) is 0 Å². The van der Waals surface area contributed by atoms with E-state index < -0.39 is 12.8 Å². The van der Waals surface area contributed by atoms with Crippen molar-refractivity contribution in [2.75, 3.05) is 46.7 Å². The van der Waals surface area contributed by atoms with Crippen LogP contribution in [0.4, 0.5) is 25.2 Å². The molecular weight excluding hydrogens is 339 g/mol. The van der Waals surface area contributed by atoms with Crippen molar-refractivity contribution < 1.29 is 60.0 Å². The Bertz CT molecular complexity index is 254. The molecule has 3 N–H and O–H groups in total. The summed E-state index contributed by atoms with van der Waals surface area (Å²) in [7, 11) is -9.21. The summed E-state index contributed by atoms with van der Waals surface area (Å²) in [6.07, 6.45) is 0. The van der Waals surface area contributed by atoms with Gasteiger partial charge in [0.2, 0.25) is 0 Å². The summed E-state index contributed by atoms with van der Waals surface area (Å²) in [5, 5.41) is 25.6. The molecule has 0 aromatic carbocycles. The van der Waals surface area contributed by atoms with E-state index in [1.807, 2.05) is 0 Å². The van der Waals surface area contributed by atoms with Gasteiger partial charge in [-0.05, 0) is 0 Å². The standard InChI is InChI=1S/C7H18NO6.F6P/c1-8(12-5-2-9,13-6-3-10)14-7-4-11;1-7(2,3,4,5)6/h9-11H,2-7H2,1H3;/q+1;-1. The fraction of sp³-hybridized carbons (Fsp3) is 1.00. The summed E-state index contributed by atoms with van der Waals surface area (Å²) in [5.41, 5.74) is 0. The average molecular weight is 357 g/mol. The van der Waals surface area contributed by atoms with Gasteiger partial charge >= 0.3 is 33.0 Å². The predicted octanol–water partition coefficient (Wildman–Crippen LogP) is 1.59. The molecule has 7 nitrogen and oxygen atoms in total. The SMILES string of the molecule is C[N+](OCCO)(OCCO)OCCO.F[P-](F)(F)(F)(F)F. The molecule has 0 fully saturated rings. The van der Waals surface area contributed by atoms with Crippen molar-refractivity contribution in [1.29, 1.82) is 0 Å². The number of aliphatic hydroxyl groups excluding tert-OH is 3. The summed E-state index contributed by atoms with van der Waals surface area (Å²) >= 11 is 0. The van der Waals surface area contributed by atoms with Crippen LogP contribution in [0.15, 0.2) is 0 Å². The second kappa shape index (κ2) is 7.83. The molecule has 0 rings (SSSR count). The summed E-state index contributed by atoms with van der Waals surface area (Å²) in [6.45, 7) is -0.398. The van der Waals surface area contributed by atoms with E-state index in [4.69, 9.17) is 29.8 Å². The number of hydroxylamine groups is 3. The number of aliphatic hydroxyl groups is 3. The Morgan fingerprint density at radius 2 is 0.905 bits per heavy atom. The first kappa shape index (κ1) is 23.0. The van der Waals surface area contributed by atoms with Crippen molar-refractivity contribution >= 4 is 7.81 Å². The minimum atomic E-state index is -10.7. The van der Waals surface area contributed by atoms with Crippen LogP contribution in [0, 0.1) is 0 Å². The second-order valence-electron chi connectivity index (χ2n) is 3.40. The van der Waals surface area contributed by atoms with Crippen molar-refractivity contribution in [3.05, 3.63) is 0 Å². The van der Waals surface area contributed by atoms with E-state index in [2.05, 4.69) is 0 Å². The topological polar surface area (TPSA) is 88.4 Å². The van der Waals surface area contributed by atoms with Gasteiger partial charge in [0.15, 0.2) is 7.05 Å². The molecule has 0 amide bonds. The van der Waals surface area contributed by atoms with Gasteiger partial charge in [0.05, 0.1) is 24.8 Å². The van der Waals surface area contributed by atoms with Gasteiger partial charge in [-0.15, -0.1) is 14.5 Å². The van der Waals surface area contributed by atoms with Crippen LogP contribution in [0.5, 0.6) is 0 Å². The molecule has 0 aliphatic heterocycles. The number of quaternary nitrogens is 1. The van der Waals surface area contributed by atoms with Crippen LogP contribution in [0.25, 0.3) is 0 Å². The first-order valence-corrected chi connectivity index (χ1v) is 7.35. The first-order valence-electron chi connectivity index (χ1n) is 5.32. The molecule has 0 aromatic rings. The first-order chi connectivity index (χ1) is 9.13. The van der Waals surface area contributed by atoms with Crippen molar-refractivity contribution in [2.45, 2.75) is 0 Å². The zero-order valence-corrected chi connectivity index (χ0v) is 11.9. The third-order valence-corrected chi connectivity index (χ3v) is 1.25. The molecule has 0 aliphatic carbocycles. The summed E-state index contributed by atoms with van der Waals surface area (Å²) < 4.78 is 59.2. The molecule has 0 spiro atoms. The maximum absolute atomic E-state index is 10.7.